The van der Waals surface area contributed by atoms with E-state index in [1.54, 1.807) is 0 Å². The summed E-state index contributed by atoms with van der Waals surface area (Å²) in [5, 5.41) is -1.52. The number of hydrogen-bond donors (Lipinski definition) is 0. The average Bonchev–Trinajstić information content (AvgIpc) is 2.45. The minimum atomic E-state index is -4.66. The maximum atomic E-state index is 13.2. The SMILES string of the molecule is Fc1c(F)c(F)c(N=C(Cl)OCC(F)(F)C(F)F)c(F)c1F. The molecular weight excluding hydrogens is 357 g/mol. The van der Waals surface area contributed by atoms with Gasteiger partial charge in [-0.1, -0.05) is 0 Å². The van der Waals surface area contributed by atoms with Crippen molar-refractivity contribution in [1.29, 1.82) is 0 Å². The molecule has 0 aliphatic heterocycles. The van der Waals surface area contributed by atoms with Gasteiger partial charge in [0.1, 0.15) is 5.69 Å². The van der Waals surface area contributed by atoms with Gasteiger partial charge in [-0.05, 0) is 11.6 Å². The molecule has 1 rings (SSSR count). The van der Waals surface area contributed by atoms with Gasteiger partial charge >= 0.3 is 12.3 Å². The van der Waals surface area contributed by atoms with Gasteiger partial charge in [0.05, 0.1) is 0 Å². The van der Waals surface area contributed by atoms with Crippen LogP contribution in [0.3, 0.4) is 0 Å². The van der Waals surface area contributed by atoms with Gasteiger partial charge in [0.25, 0.3) is 5.36 Å². The van der Waals surface area contributed by atoms with E-state index in [9.17, 15) is 39.5 Å². The number of ether oxygens (including phenoxy) is 1. The van der Waals surface area contributed by atoms with Gasteiger partial charge in [0, 0.05) is 0 Å². The van der Waals surface area contributed by atoms with Crippen molar-refractivity contribution in [2.24, 2.45) is 4.99 Å². The Balaban J connectivity index is 3.08. The highest BCUT2D eigenvalue weighted by atomic mass is 35.5. The second kappa shape index (κ2) is 6.63. The molecule has 0 fully saturated rings. The monoisotopic (exact) mass is 359 g/mol. The molecule has 0 radical (unpaired) electrons. The quantitative estimate of drug-likeness (QED) is 0.254. The maximum absolute atomic E-state index is 13.2. The van der Waals surface area contributed by atoms with Crippen LogP contribution in [0.25, 0.3) is 0 Å². The number of alkyl halides is 4. The summed E-state index contributed by atoms with van der Waals surface area (Å²) in [6.07, 6.45) is -4.13. The lowest BCUT2D eigenvalue weighted by molar-refractivity contribution is -0.149. The summed E-state index contributed by atoms with van der Waals surface area (Å²) >= 11 is 4.99. The molecule has 1 aromatic carbocycles. The van der Waals surface area contributed by atoms with Crippen LogP contribution in [0.2, 0.25) is 0 Å². The molecule has 12 heteroatoms. The Morgan fingerprint density at radius 1 is 0.955 bits per heavy atom. The van der Waals surface area contributed by atoms with Gasteiger partial charge in [0.2, 0.25) is 5.82 Å². The highest BCUT2D eigenvalue weighted by Crippen LogP contribution is 2.30. The van der Waals surface area contributed by atoms with Crippen molar-refractivity contribution in [3.05, 3.63) is 29.1 Å². The molecule has 0 unspecified atom stereocenters. The maximum Gasteiger partial charge on any atom is 0.340 e. The third-order valence-corrected chi connectivity index (χ3v) is 2.28. The van der Waals surface area contributed by atoms with Gasteiger partial charge in [-0.25, -0.2) is 30.7 Å². The third kappa shape index (κ3) is 3.76. The van der Waals surface area contributed by atoms with Gasteiger partial charge in [-0.2, -0.15) is 13.8 Å². The summed E-state index contributed by atoms with van der Waals surface area (Å²) in [4.78, 5) is 2.57. The van der Waals surface area contributed by atoms with Crippen LogP contribution < -0.4 is 0 Å². The van der Waals surface area contributed by atoms with Crippen molar-refractivity contribution in [2.75, 3.05) is 6.61 Å². The summed E-state index contributed by atoms with van der Waals surface area (Å²) in [6, 6.07) is 0. The Bertz CT molecular complexity index is 576. The van der Waals surface area contributed by atoms with E-state index in [4.69, 9.17) is 11.6 Å². The fraction of sp³-hybridized carbons (Fsp3) is 0.300. The first-order valence-electron chi connectivity index (χ1n) is 5.03. The van der Waals surface area contributed by atoms with E-state index in [0.717, 1.165) is 0 Å². The minimum Gasteiger partial charge on any atom is -0.462 e. The first-order valence-corrected chi connectivity index (χ1v) is 5.41. The molecule has 0 bridgehead atoms. The zero-order chi connectivity index (χ0) is 17.2. The number of benzene rings is 1. The van der Waals surface area contributed by atoms with E-state index >= 15 is 0 Å². The summed E-state index contributed by atoms with van der Waals surface area (Å²) in [6.45, 7) is -2.03. The van der Waals surface area contributed by atoms with Gasteiger partial charge in [-0.3, -0.25) is 0 Å². The number of halogens is 10. The zero-order valence-corrected chi connectivity index (χ0v) is 10.7. The average molecular weight is 360 g/mol. The Morgan fingerprint density at radius 3 is 1.77 bits per heavy atom. The van der Waals surface area contributed by atoms with Crippen LogP contribution >= 0.6 is 11.6 Å². The molecule has 124 valence electrons. The second-order valence-corrected chi connectivity index (χ2v) is 3.96. The van der Waals surface area contributed by atoms with E-state index in [-0.39, 0.29) is 0 Å². The molecule has 1 aromatic rings. The fourth-order valence-corrected chi connectivity index (χ4v) is 1.17. The predicted molar refractivity (Wildman–Crippen MR) is 56.1 cm³/mol. The van der Waals surface area contributed by atoms with Crippen LogP contribution in [0.1, 0.15) is 0 Å². The van der Waals surface area contributed by atoms with E-state index in [2.05, 4.69) is 9.73 Å². The third-order valence-electron chi connectivity index (χ3n) is 2.09. The summed E-state index contributed by atoms with van der Waals surface area (Å²) in [5.74, 6) is -16.7. The van der Waals surface area contributed by atoms with Crippen molar-refractivity contribution >= 4 is 22.6 Å². The normalized spacial score (nSPS) is 13.0. The largest absolute Gasteiger partial charge is 0.462 e. The Labute approximate surface area is 121 Å². The Kier molecular flexibility index (Phi) is 5.54. The topological polar surface area (TPSA) is 21.6 Å². The van der Waals surface area contributed by atoms with Crippen LogP contribution in [0.5, 0.6) is 0 Å². The lowest BCUT2D eigenvalue weighted by atomic mass is 10.2. The molecule has 0 aliphatic carbocycles. The number of nitrogens with zero attached hydrogens (tertiary/aromatic N) is 1. The van der Waals surface area contributed by atoms with Gasteiger partial charge < -0.3 is 4.74 Å². The number of rotatable bonds is 4. The standard InChI is InChI=1S/C10H3ClF9NO/c11-9(22-1-10(19,20)8(17)18)21-7-5(15)3(13)2(12)4(14)6(7)16/h8H,1H2. The first-order chi connectivity index (χ1) is 9.99. The number of hydrogen-bond acceptors (Lipinski definition) is 2. The van der Waals surface area contributed by atoms with Crippen LogP contribution in [-0.4, -0.2) is 24.3 Å². The van der Waals surface area contributed by atoms with Crippen molar-refractivity contribution in [2.45, 2.75) is 12.3 Å². The van der Waals surface area contributed by atoms with Crippen LogP contribution in [0.15, 0.2) is 4.99 Å². The fourth-order valence-electron chi connectivity index (χ4n) is 1.03. The minimum absolute atomic E-state index is 1.52. The van der Waals surface area contributed by atoms with Gasteiger partial charge in [0.15, 0.2) is 29.9 Å². The molecule has 0 aromatic heterocycles. The summed E-state index contributed by atoms with van der Waals surface area (Å²) in [7, 11) is 0. The van der Waals surface area contributed by atoms with Crippen molar-refractivity contribution in [3.8, 4) is 0 Å². The summed E-state index contributed by atoms with van der Waals surface area (Å²) in [5.41, 5.74) is -1.82. The van der Waals surface area contributed by atoms with E-state index < -0.39 is 59.1 Å². The number of aliphatic imine (C=N–C) groups is 1. The molecule has 22 heavy (non-hydrogen) atoms. The highest BCUT2D eigenvalue weighted by Gasteiger charge is 2.42. The summed E-state index contributed by atoms with van der Waals surface area (Å²) < 4.78 is 117. The Hall–Kier alpha value is -1.65. The molecule has 0 N–H and O–H groups in total. The molecular formula is C10H3ClF9NO. The molecule has 0 amide bonds. The molecule has 0 saturated heterocycles. The predicted octanol–water partition coefficient (Wildman–Crippen LogP) is 4.53. The van der Waals surface area contributed by atoms with E-state index in [1.807, 2.05) is 0 Å². The van der Waals surface area contributed by atoms with E-state index in [1.165, 1.54) is 0 Å². The smallest absolute Gasteiger partial charge is 0.340 e. The molecule has 0 aliphatic rings. The second-order valence-electron chi connectivity index (χ2n) is 3.63. The van der Waals surface area contributed by atoms with Crippen molar-refractivity contribution in [1.82, 2.24) is 0 Å². The van der Waals surface area contributed by atoms with E-state index in [0.29, 0.717) is 0 Å². The Morgan fingerprint density at radius 2 is 1.36 bits per heavy atom. The van der Waals surface area contributed by atoms with Crippen molar-refractivity contribution in [3.63, 3.8) is 0 Å². The van der Waals surface area contributed by atoms with Gasteiger partial charge in [-0.15, -0.1) is 0 Å². The molecule has 0 saturated carbocycles. The van der Waals surface area contributed by atoms with Crippen LogP contribution in [-0.2, 0) is 4.74 Å². The lowest BCUT2D eigenvalue weighted by Gasteiger charge is -2.14. The molecule has 0 spiro atoms. The van der Waals surface area contributed by atoms with Crippen LogP contribution in [0, 0.1) is 29.1 Å². The highest BCUT2D eigenvalue weighted by molar-refractivity contribution is 6.63. The molecule has 0 atom stereocenters. The van der Waals surface area contributed by atoms with Crippen molar-refractivity contribution < 1.29 is 44.3 Å². The molecule has 2 nitrogen and oxygen atoms in total. The lowest BCUT2D eigenvalue weighted by Crippen LogP contribution is -2.32. The molecule has 0 heterocycles. The first kappa shape index (κ1) is 18.4. The van der Waals surface area contributed by atoms with Crippen LogP contribution in [0.4, 0.5) is 45.2 Å². The zero-order valence-electron chi connectivity index (χ0n) is 9.92.